The second kappa shape index (κ2) is 4.21. The van der Waals surface area contributed by atoms with E-state index in [0.29, 0.717) is 0 Å². The molecule has 0 saturated heterocycles. The van der Waals surface area contributed by atoms with Crippen LogP contribution in [0.5, 0.6) is 0 Å². The van der Waals surface area contributed by atoms with Crippen LogP contribution >= 0.6 is 34.4 Å². The van der Waals surface area contributed by atoms with Gasteiger partial charge in [-0.2, -0.15) is 0 Å². The number of benzene rings is 1. The van der Waals surface area contributed by atoms with Crippen molar-refractivity contribution in [2.45, 2.75) is 11.8 Å². The van der Waals surface area contributed by atoms with Crippen LogP contribution in [0.1, 0.15) is 6.92 Å². The van der Waals surface area contributed by atoms with E-state index in [9.17, 15) is 0 Å². The van der Waals surface area contributed by atoms with E-state index >= 15 is 0 Å². The Morgan fingerprint density at radius 1 is 1.55 bits per heavy atom. The van der Waals surface area contributed by atoms with Gasteiger partial charge in [0.25, 0.3) is 0 Å². The van der Waals surface area contributed by atoms with Crippen LogP contribution in [-0.4, -0.2) is 5.75 Å². The number of halogens is 1. The molecule has 0 fully saturated rings. The Labute approximate surface area is 84.9 Å². The van der Waals surface area contributed by atoms with E-state index in [4.69, 9.17) is 5.73 Å². The van der Waals surface area contributed by atoms with Crippen LogP contribution in [-0.2, 0) is 0 Å². The maximum absolute atomic E-state index is 5.75. The van der Waals surface area contributed by atoms with Crippen molar-refractivity contribution in [2.24, 2.45) is 0 Å². The molecule has 0 aliphatic carbocycles. The van der Waals surface area contributed by atoms with Gasteiger partial charge in [0.2, 0.25) is 0 Å². The van der Waals surface area contributed by atoms with Crippen molar-refractivity contribution in [3.05, 3.63) is 21.8 Å². The summed E-state index contributed by atoms with van der Waals surface area (Å²) in [5.41, 5.74) is 6.64. The normalized spacial score (nSPS) is 10.0. The van der Waals surface area contributed by atoms with Crippen LogP contribution in [0, 0.1) is 3.57 Å². The topological polar surface area (TPSA) is 26.0 Å². The average Bonchev–Trinajstić information content (AvgIpc) is 1.98. The number of thioether (sulfide) groups is 1. The van der Waals surface area contributed by atoms with Gasteiger partial charge in [-0.15, -0.1) is 11.8 Å². The van der Waals surface area contributed by atoms with Crippen molar-refractivity contribution in [3.8, 4) is 0 Å². The Kier molecular flexibility index (Phi) is 3.51. The molecule has 0 spiro atoms. The van der Waals surface area contributed by atoms with Gasteiger partial charge >= 0.3 is 0 Å². The van der Waals surface area contributed by atoms with Gasteiger partial charge in [0, 0.05) is 14.2 Å². The van der Waals surface area contributed by atoms with Crippen molar-refractivity contribution in [2.75, 3.05) is 11.5 Å². The highest BCUT2D eigenvalue weighted by Gasteiger charge is 1.97. The first-order valence-corrected chi connectivity index (χ1v) is 5.48. The summed E-state index contributed by atoms with van der Waals surface area (Å²) >= 11 is 4.08. The molecule has 0 amide bonds. The van der Waals surface area contributed by atoms with Gasteiger partial charge in [-0.25, -0.2) is 0 Å². The second-order valence-corrected chi connectivity index (χ2v) is 4.67. The molecule has 0 saturated carbocycles. The summed E-state index contributed by atoms with van der Waals surface area (Å²) in [6.07, 6.45) is 0. The van der Waals surface area contributed by atoms with E-state index in [0.717, 1.165) is 11.4 Å². The van der Waals surface area contributed by atoms with E-state index in [1.807, 2.05) is 12.1 Å². The number of hydrogen-bond acceptors (Lipinski definition) is 2. The van der Waals surface area contributed by atoms with Gasteiger partial charge in [-0.3, -0.25) is 0 Å². The van der Waals surface area contributed by atoms with E-state index in [1.54, 1.807) is 11.8 Å². The zero-order chi connectivity index (χ0) is 8.27. The largest absolute Gasteiger partial charge is 0.398 e. The van der Waals surface area contributed by atoms with Gasteiger partial charge in [-0.05, 0) is 46.5 Å². The Balaban J connectivity index is 2.93. The van der Waals surface area contributed by atoms with Crippen LogP contribution < -0.4 is 5.73 Å². The Morgan fingerprint density at radius 3 is 2.91 bits per heavy atom. The molecular formula is C8H10INS. The SMILES string of the molecule is CCSc1cc(I)ccc1N. The number of hydrogen-bond donors (Lipinski definition) is 1. The van der Waals surface area contributed by atoms with Crippen molar-refractivity contribution in [1.82, 2.24) is 0 Å². The molecular weight excluding hydrogens is 269 g/mol. The molecule has 0 radical (unpaired) electrons. The quantitative estimate of drug-likeness (QED) is 0.511. The lowest BCUT2D eigenvalue weighted by Crippen LogP contribution is -1.88. The van der Waals surface area contributed by atoms with E-state index in [1.165, 1.54) is 8.47 Å². The molecule has 3 heteroatoms. The zero-order valence-corrected chi connectivity index (χ0v) is 9.28. The van der Waals surface area contributed by atoms with Crippen molar-refractivity contribution in [3.63, 3.8) is 0 Å². The summed E-state index contributed by atoms with van der Waals surface area (Å²) in [5, 5.41) is 0. The standard InChI is InChI=1S/C8H10INS/c1-2-11-8-5-6(9)3-4-7(8)10/h3-5H,2,10H2,1H3. The third kappa shape index (κ3) is 2.56. The third-order valence-electron chi connectivity index (χ3n) is 1.28. The first-order valence-electron chi connectivity index (χ1n) is 3.42. The maximum atomic E-state index is 5.75. The average molecular weight is 279 g/mol. The monoisotopic (exact) mass is 279 g/mol. The molecule has 1 aromatic carbocycles. The Morgan fingerprint density at radius 2 is 2.27 bits per heavy atom. The third-order valence-corrected chi connectivity index (χ3v) is 2.90. The lowest BCUT2D eigenvalue weighted by atomic mass is 10.3. The molecule has 0 bridgehead atoms. The number of anilines is 1. The van der Waals surface area contributed by atoms with Crippen molar-refractivity contribution in [1.29, 1.82) is 0 Å². The summed E-state index contributed by atoms with van der Waals surface area (Å²) < 4.78 is 1.24. The molecule has 1 rings (SSSR count). The van der Waals surface area contributed by atoms with Crippen LogP contribution in [0.15, 0.2) is 23.1 Å². The number of rotatable bonds is 2. The molecule has 0 heterocycles. The summed E-state index contributed by atoms with van der Waals surface area (Å²) in [4.78, 5) is 1.19. The molecule has 2 N–H and O–H groups in total. The van der Waals surface area contributed by atoms with E-state index in [-0.39, 0.29) is 0 Å². The number of nitrogen functional groups attached to an aromatic ring is 1. The fraction of sp³-hybridized carbons (Fsp3) is 0.250. The van der Waals surface area contributed by atoms with Crippen LogP contribution in [0.3, 0.4) is 0 Å². The van der Waals surface area contributed by atoms with Gasteiger partial charge in [-0.1, -0.05) is 6.92 Å². The minimum Gasteiger partial charge on any atom is -0.398 e. The highest BCUT2D eigenvalue weighted by atomic mass is 127. The Hall–Kier alpha value is 0.1000. The van der Waals surface area contributed by atoms with Gasteiger partial charge < -0.3 is 5.73 Å². The maximum Gasteiger partial charge on any atom is 0.0452 e. The van der Waals surface area contributed by atoms with Crippen LogP contribution in [0.25, 0.3) is 0 Å². The molecule has 1 aromatic rings. The van der Waals surface area contributed by atoms with E-state index < -0.39 is 0 Å². The highest BCUT2D eigenvalue weighted by Crippen LogP contribution is 2.26. The molecule has 60 valence electrons. The van der Waals surface area contributed by atoms with Crippen molar-refractivity contribution < 1.29 is 0 Å². The van der Waals surface area contributed by atoms with E-state index in [2.05, 4.69) is 35.6 Å². The second-order valence-electron chi connectivity index (χ2n) is 2.12. The minimum absolute atomic E-state index is 0.886. The molecule has 0 unspecified atom stereocenters. The molecule has 0 aliphatic heterocycles. The summed E-state index contributed by atoms with van der Waals surface area (Å²) in [5.74, 6) is 1.07. The lowest BCUT2D eigenvalue weighted by Gasteiger charge is -2.02. The smallest absolute Gasteiger partial charge is 0.0452 e. The molecule has 0 aromatic heterocycles. The molecule has 11 heavy (non-hydrogen) atoms. The molecule has 1 nitrogen and oxygen atoms in total. The van der Waals surface area contributed by atoms with Crippen LogP contribution in [0.2, 0.25) is 0 Å². The summed E-state index contributed by atoms with van der Waals surface area (Å²) in [6, 6.07) is 6.10. The van der Waals surface area contributed by atoms with Crippen LogP contribution in [0.4, 0.5) is 5.69 Å². The zero-order valence-electron chi connectivity index (χ0n) is 6.30. The Bertz CT molecular complexity index is 250. The molecule has 0 atom stereocenters. The van der Waals surface area contributed by atoms with Crippen molar-refractivity contribution >= 4 is 40.0 Å². The summed E-state index contributed by atoms with van der Waals surface area (Å²) in [7, 11) is 0. The highest BCUT2D eigenvalue weighted by molar-refractivity contribution is 14.1. The lowest BCUT2D eigenvalue weighted by molar-refractivity contribution is 1.41. The van der Waals surface area contributed by atoms with Gasteiger partial charge in [0.15, 0.2) is 0 Å². The van der Waals surface area contributed by atoms with Gasteiger partial charge in [0.05, 0.1) is 0 Å². The fourth-order valence-corrected chi connectivity index (χ4v) is 2.25. The first-order chi connectivity index (χ1) is 5.24. The minimum atomic E-state index is 0.886. The first kappa shape index (κ1) is 9.19. The fourth-order valence-electron chi connectivity index (χ4n) is 0.789. The summed E-state index contributed by atoms with van der Waals surface area (Å²) in [6.45, 7) is 2.13. The predicted octanol–water partition coefficient (Wildman–Crippen LogP) is 2.99. The van der Waals surface area contributed by atoms with Gasteiger partial charge in [0.1, 0.15) is 0 Å². The molecule has 0 aliphatic rings. The number of nitrogens with two attached hydrogens (primary N) is 1. The predicted molar refractivity (Wildman–Crippen MR) is 60.0 cm³/mol.